The molecule has 2 heterocycles. The predicted octanol–water partition coefficient (Wildman–Crippen LogP) is 1.22. The first kappa shape index (κ1) is 14.7. The van der Waals surface area contributed by atoms with Crippen LogP contribution in [0.15, 0.2) is 28.8 Å². The Morgan fingerprint density at radius 2 is 2.04 bits per heavy atom. The highest BCUT2D eigenvalue weighted by atomic mass is 16.5. The van der Waals surface area contributed by atoms with Crippen molar-refractivity contribution < 1.29 is 14.1 Å². The van der Waals surface area contributed by atoms with Crippen molar-refractivity contribution in [3.8, 4) is 6.07 Å². The number of hydrogen-bond acceptors (Lipinski definition) is 6. The molecular formula is C15H13N5O3. The number of rotatable bonds is 3. The fourth-order valence-corrected chi connectivity index (χ4v) is 2.45. The number of hydrogen-bond donors (Lipinski definition) is 1. The molecule has 1 N–H and O–H groups in total. The Morgan fingerprint density at radius 3 is 2.61 bits per heavy atom. The minimum absolute atomic E-state index is 0.0859. The Kier molecular flexibility index (Phi) is 3.33. The quantitative estimate of drug-likeness (QED) is 0.853. The molecule has 0 aliphatic carbocycles. The molecule has 3 rings (SSSR count). The summed E-state index contributed by atoms with van der Waals surface area (Å²) in [5.41, 5.74) is -0.119. The molecule has 0 saturated carbocycles. The molecule has 0 bridgehead atoms. The Bertz CT molecular complexity index is 820. The van der Waals surface area contributed by atoms with E-state index < -0.39 is 17.5 Å². The summed E-state index contributed by atoms with van der Waals surface area (Å²) in [5, 5.41) is 15.2. The number of carbonyl (C=O) groups is 2. The van der Waals surface area contributed by atoms with E-state index in [1.807, 2.05) is 6.07 Å². The van der Waals surface area contributed by atoms with E-state index in [9.17, 15) is 9.59 Å². The Labute approximate surface area is 131 Å². The maximum Gasteiger partial charge on any atom is 0.325 e. The molecule has 23 heavy (non-hydrogen) atoms. The highest BCUT2D eigenvalue weighted by Crippen LogP contribution is 2.29. The summed E-state index contributed by atoms with van der Waals surface area (Å²) in [5.74, 6) is 0.208. The van der Waals surface area contributed by atoms with Crippen molar-refractivity contribution >= 4 is 11.9 Å². The molecule has 1 saturated heterocycles. The zero-order valence-corrected chi connectivity index (χ0v) is 12.5. The lowest BCUT2D eigenvalue weighted by atomic mass is 9.91. The largest absolute Gasteiger partial charge is 0.337 e. The smallest absolute Gasteiger partial charge is 0.325 e. The monoisotopic (exact) mass is 311 g/mol. The fraction of sp³-hybridized carbons (Fsp3) is 0.267. The van der Waals surface area contributed by atoms with Gasteiger partial charge in [-0.2, -0.15) is 10.2 Å². The molecule has 1 unspecified atom stereocenters. The van der Waals surface area contributed by atoms with Crippen LogP contribution >= 0.6 is 0 Å². The lowest BCUT2D eigenvalue weighted by molar-refractivity contribution is -0.131. The van der Waals surface area contributed by atoms with Gasteiger partial charge in [0.25, 0.3) is 5.91 Å². The van der Waals surface area contributed by atoms with Gasteiger partial charge < -0.3 is 9.84 Å². The van der Waals surface area contributed by atoms with Gasteiger partial charge >= 0.3 is 6.03 Å². The first-order chi connectivity index (χ1) is 10.9. The molecule has 8 heteroatoms. The van der Waals surface area contributed by atoms with E-state index in [1.165, 1.54) is 0 Å². The third-order valence-electron chi connectivity index (χ3n) is 3.73. The Morgan fingerprint density at radius 1 is 1.35 bits per heavy atom. The molecule has 1 aromatic carbocycles. The second-order valence-electron chi connectivity index (χ2n) is 5.37. The summed E-state index contributed by atoms with van der Waals surface area (Å²) in [7, 11) is 0. The molecule has 1 aliphatic rings. The number of carbonyl (C=O) groups excluding carboxylic acids is 2. The number of nitriles is 1. The van der Waals surface area contributed by atoms with E-state index in [-0.39, 0.29) is 12.4 Å². The first-order valence-electron chi connectivity index (χ1n) is 6.88. The van der Waals surface area contributed by atoms with Crippen LogP contribution in [0.2, 0.25) is 0 Å². The number of imide groups is 1. The average Bonchev–Trinajstić information content (AvgIpc) is 3.05. The van der Waals surface area contributed by atoms with Crippen LogP contribution in [0.3, 0.4) is 0 Å². The molecule has 0 radical (unpaired) electrons. The van der Waals surface area contributed by atoms with E-state index in [1.54, 1.807) is 38.1 Å². The standard InChI is InChI=1S/C15H13N5O3/c1-9-17-12(23-19-9)8-20-13(21)15(2,18-14(20)22)11-5-3-10(7-16)4-6-11/h3-6H,8H2,1-2H3,(H,18,22). The summed E-state index contributed by atoms with van der Waals surface area (Å²) < 4.78 is 4.96. The molecule has 1 atom stereocenters. The van der Waals surface area contributed by atoms with E-state index in [0.717, 1.165) is 4.90 Å². The molecule has 0 spiro atoms. The van der Waals surface area contributed by atoms with Crippen LogP contribution in [-0.2, 0) is 16.9 Å². The van der Waals surface area contributed by atoms with Crippen molar-refractivity contribution in [2.45, 2.75) is 25.9 Å². The van der Waals surface area contributed by atoms with Crippen LogP contribution in [0.5, 0.6) is 0 Å². The maximum atomic E-state index is 12.7. The van der Waals surface area contributed by atoms with Crippen LogP contribution in [0.25, 0.3) is 0 Å². The van der Waals surface area contributed by atoms with Crippen LogP contribution in [0.4, 0.5) is 4.79 Å². The molecule has 1 fully saturated rings. The van der Waals surface area contributed by atoms with Gasteiger partial charge in [0, 0.05) is 0 Å². The van der Waals surface area contributed by atoms with Crippen LogP contribution in [0.1, 0.15) is 29.8 Å². The van der Waals surface area contributed by atoms with Crippen molar-refractivity contribution in [2.24, 2.45) is 0 Å². The Hall–Kier alpha value is -3.21. The SMILES string of the molecule is Cc1noc(CN2C(=O)NC(C)(c3ccc(C#N)cc3)C2=O)n1. The molecule has 3 amide bonds. The van der Waals surface area contributed by atoms with E-state index in [2.05, 4.69) is 15.5 Å². The van der Waals surface area contributed by atoms with Crippen LogP contribution in [-0.4, -0.2) is 27.0 Å². The van der Waals surface area contributed by atoms with Gasteiger partial charge in [0.05, 0.1) is 11.6 Å². The van der Waals surface area contributed by atoms with Gasteiger partial charge in [0.2, 0.25) is 5.89 Å². The lowest BCUT2D eigenvalue weighted by Crippen LogP contribution is -2.40. The number of aryl methyl sites for hydroxylation is 1. The molecule has 2 aromatic rings. The summed E-state index contributed by atoms with van der Waals surface area (Å²) in [6, 6.07) is 7.98. The van der Waals surface area contributed by atoms with Gasteiger partial charge in [-0.1, -0.05) is 17.3 Å². The highest BCUT2D eigenvalue weighted by Gasteiger charge is 2.49. The lowest BCUT2D eigenvalue weighted by Gasteiger charge is -2.21. The number of benzene rings is 1. The number of urea groups is 1. The van der Waals surface area contributed by atoms with Gasteiger partial charge in [0.15, 0.2) is 5.82 Å². The van der Waals surface area contributed by atoms with Gasteiger partial charge in [-0.3, -0.25) is 9.69 Å². The summed E-state index contributed by atoms with van der Waals surface area (Å²) in [4.78, 5) is 29.9. The fourth-order valence-electron chi connectivity index (χ4n) is 2.45. The van der Waals surface area contributed by atoms with Crippen LogP contribution < -0.4 is 5.32 Å². The molecule has 1 aromatic heterocycles. The molecular weight excluding hydrogens is 298 g/mol. The third kappa shape index (κ3) is 2.42. The molecule has 116 valence electrons. The average molecular weight is 311 g/mol. The minimum Gasteiger partial charge on any atom is -0.337 e. The summed E-state index contributed by atoms with van der Waals surface area (Å²) in [6.07, 6.45) is 0. The third-order valence-corrected chi connectivity index (χ3v) is 3.73. The van der Waals surface area contributed by atoms with Crippen LogP contribution in [0, 0.1) is 18.3 Å². The number of amides is 3. The zero-order valence-electron chi connectivity index (χ0n) is 12.5. The van der Waals surface area contributed by atoms with Crippen molar-refractivity contribution in [2.75, 3.05) is 0 Å². The topological polar surface area (TPSA) is 112 Å². The van der Waals surface area contributed by atoms with Crippen molar-refractivity contribution in [3.63, 3.8) is 0 Å². The summed E-state index contributed by atoms with van der Waals surface area (Å²) in [6.45, 7) is 3.19. The van der Waals surface area contributed by atoms with Gasteiger partial charge in [0.1, 0.15) is 12.1 Å². The van der Waals surface area contributed by atoms with E-state index >= 15 is 0 Å². The van der Waals surface area contributed by atoms with Crippen molar-refractivity contribution in [1.82, 2.24) is 20.4 Å². The number of nitrogens with one attached hydrogen (secondary N) is 1. The highest BCUT2D eigenvalue weighted by molar-refractivity contribution is 6.07. The number of aromatic nitrogens is 2. The summed E-state index contributed by atoms with van der Waals surface area (Å²) >= 11 is 0. The number of nitrogens with zero attached hydrogens (tertiary/aromatic N) is 4. The van der Waals surface area contributed by atoms with Gasteiger partial charge in [-0.25, -0.2) is 4.79 Å². The predicted molar refractivity (Wildman–Crippen MR) is 76.6 cm³/mol. The zero-order chi connectivity index (χ0) is 16.6. The van der Waals surface area contributed by atoms with E-state index in [0.29, 0.717) is 17.0 Å². The van der Waals surface area contributed by atoms with Gasteiger partial charge in [-0.15, -0.1) is 0 Å². The second-order valence-corrected chi connectivity index (χ2v) is 5.37. The second kappa shape index (κ2) is 5.21. The van der Waals surface area contributed by atoms with Crippen molar-refractivity contribution in [3.05, 3.63) is 47.1 Å². The maximum absolute atomic E-state index is 12.7. The van der Waals surface area contributed by atoms with E-state index in [4.69, 9.17) is 9.78 Å². The van der Waals surface area contributed by atoms with Crippen molar-refractivity contribution in [1.29, 1.82) is 5.26 Å². The first-order valence-corrected chi connectivity index (χ1v) is 6.88. The Balaban J connectivity index is 1.88. The molecule has 1 aliphatic heterocycles. The van der Waals surface area contributed by atoms with Gasteiger partial charge in [-0.05, 0) is 31.5 Å². The molecule has 8 nitrogen and oxygen atoms in total. The minimum atomic E-state index is -1.19. The normalized spacial score (nSPS) is 20.5.